The maximum Gasteiger partial charge on any atom is 0.306 e. The van der Waals surface area contributed by atoms with Crippen molar-refractivity contribution in [3.05, 3.63) is 28.2 Å². The number of hydrogen-bond acceptors (Lipinski definition) is 4. The van der Waals surface area contributed by atoms with E-state index in [-0.39, 0.29) is 12.4 Å². The van der Waals surface area contributed by atoms with Gasteiger partial charge in [0.1, 0.15) is 11.4 Å². The first-order chi connectivity index (χ1) is 9.76. The van der Waals surface area contributed by atoms with Gasteiger partial charge in [0.05, 0.1) is 19.1 Å². The highest BCUT2D eigenvalue weighted by Gasteiger charge is 2.20. The van der Waals surface area contributed by atoms with Gasteiger partial charge in [0, 0.05) is 16.5 Å². The summed E-state index contributed by atoms with van der Waals surface area (Å²) in [4.78, 5) is 11.7. The molecule has 0 heterocycles. The molecule has 0 saturated heterocycles. The van der Waals surface area contributed by atoms with Crippen LogP contribution < -0.4 is 4.74 Å². The number of ether oxygens (including phenoxy) is 2. The largest absolute Gasteiger partial charge is 0.496 e. The maximum atomic E-state index is 11.7. The van der Waals surface area contributed by atoms with Gasteiger partial charge in [0.2, 0.25) is 0 Å². The number of hydrogen-bond donors (Lipinski definition) is 0. The van der Waals surface area contributed by atoms with E-state index in [1.165, 1.54) is 0 Å². The van der Waals surface area contributed by atoms with Gasteiger partial charge < -0.3 is 9.47 Å². The number of rotatable bonds is 5. The van der Waals surface area contributed by atoms with Gasteiger partial charge in [-0.05, 0) is 39.3 Å². The Morgan fingerprint density at radius 1 is 1.43 bits per heavy atom. The molecule has 4 nitrogen and oxygen atoms in total. The van der Waals surface area contributed by atoms with Crippen LogP contribution in [0.5, 0.6) is 5.75 Å². The van der Waals surface area contributed by atoms with E-state index in [4.69, 9.17) is 9.47 Å². The molecule has 1 atom stereocenters. The zero-order chi connectivity index (χ0) is 16.0. The van der Waals surface area contributed by atoms with Crippen molar-refractivity contribution in [3.8, 4) is 11.8 Å². The maximum absolute atomic E-state index is 11.7. The fourth-order valence-corrected chi connectivity index (χ4v) is 2.26. The minimum atomic E-state index is -0.505. The zero-order valence-electron chi connectivity index (χ0n) is 12.8. The van der Waals surface area contributed by atoms with Crippen LogP contribution >= 0.6 is 15.9 Å². The predicted octanol–water partition coefficient (Wildman–Crippen LogP) is 4.19. The number of halogens is 1. The molecular weight excluding hydrogens is 334 g/mol. The number of carbonyl (C=O) groups is 1. The van der Waals surface area contributed by atoms with Crippen molar-refractivity contribution in [2.24, 2.45) is 0 Å². The summed E-state index contributed by atoms with van der Waals surface area (Å²) in [5, 5.41) is 9.34. The molecular formula is C16H20BrNO3. The van der Waals surface area contributed by atoms with Crippen LogP contribution in [0.25, 0.3) is 0 Å². The molecule has 0 saturated carbocycles. The van der Waals surface area contributed by atoms with Crippen molar-refractivity contribution in [1.29, 1.82) is 5.26 Å². The highest BCUT2D eigenvalue weighted by Crippen LogP contribution is 2.32. The van der Waals surface area contributed by atoms with Crippen LogP contribution in [0.2, 0.25) is 0 Å². The number of carbonyl (C=O) groups excluding carboxylic acids is 1. The van der Waals surface area contributed by atoms with Gasteiger partial charge in [-0.3, -0.25) is 4.79 Å². The number of methoxy groups -OCH3 is 1. The average Bonchev–Trinajstić information content (AvgIpc) is 2.38. The monoisotopic (exact) mass is 353 g/mol. The molecule has 0 amide bonds. The lowest BCUT2D eigenvalue weighted by Gasteiger charge is -2.20. The Balaban J connectivity index is 2.77. The van der Waals surface area contributed by atoms with Crippen LogP contribution in [0.1, 0.15) is 45.1 Å². The highest BCUT2D eigenvalue weighted by molar-refractivity contribution is 9.10. The van der Waals surface area contributed by atoms with E-state index in [1.807, 2.05) is 39.0 Å². The second-order valence-electron chi connectivity index (χ2n) is 5.69. The lowest BCUT2D eigenvalue weighted by molar-refractivity contribution is -0.154. The standard InChI is InChI=1S/C16H20BrNO3/c1-16(2,3)21-15(19)8-5-11(10-18)13-7-6-12(17)9-14(13)20-4/h6-7,9,11H,5,8H2,1-4H3. The van der Waals surface area contributed by atoms with Gasteiger partial charge in [-0.1, -0.05) is 22.0 Å². The second-order valence-corrected chi connectivity index (χ2v) is 6.61. The van der Waals surface area contributed by atoms with Crippen molar-refractivity contribution in [1.82, 2.24) is 0 Å². The third-order valence-electron chi connectivity index (χ3n) is 2.78. The molecule has 21 heavy (non-hydrogen) atoms. The molecule has 0 spiro atoms. The lowest BCUT2D eigenvalue weighted by atomic mass is 9.95. The van der Waals surface area contributed by atoms with Gasteiger partial charge in [-0.2, -0.15) is 5.26 Å². The highest BCUT2D eigenvalue weighted by atomic mass is 79.9. The average molecular weight is 354 g/mol. The van der Waals surface area contributed by atoms with E-state index in [1.54, 1.807) is 7.11 Å². The Hall–Kier alpha value is -1.54. The van der Waals surface area contributed by atoms with Crippen molar-refractivity contribution >= 4 is 21.9 Å². The quantitative estimate of drug-likeness (QED) is 0.744. The fourth-order valence-electron chi connectivity index (χ4n) is 1.92. The number of nitrogens with zero attached hydrogens (tertiary/aromatic N) is 1. The Morgan fingerprint density at radius 2 is 2.10 bits per heavy atom. The van der Waals surface area contributed by atoms with E-state index in [0.29, 0.717) is 12.2 Å². The molecule has 0 N–H and O–H groups in total. The van der Waals surface area contributed by atoms with Crippen LogP contribution in [0.15, 0.2) is 22.7 Å². The van der Waals surface area contributed by atoms with Crippen molar-refractivity contribution in [2.45, 2.75) is 45.1 Å². The smallest absolute Gasteiger partial charge is 0.306 e. The molecule has 1 aromatic rings. The van der Waals surface area contributed by atoms with E-state index >= 15 is 0 Å². The number of esters is 1. The Bertz CT molecular complexity index is 543. The summed E-state index contributed by atoms with van der Waals surface area (Å²) in [6.45, 7) is 5.47. The SMILES string of the molecule is COc1cc(Br)ccc1C(C#N)CCC(=O)OC(C)(C)C. The van der Waals surface area contributed by atoms with Gasteiger partial charge in [-0.15, -0.1) is 0 Å². The molecule has 1 unspecified atom stereocenters. The Morgan fingerprint density at radius 3 is 2.62 bits per heavy atom. The van der Waals surface area contributed by atoms with Gasteiger partial charge in [-0.25, -0.2) is 0 Å². The summed E-state index contributed by atoms with van der Waals surface area (Å²) in [5.41, 5.74) is 0.279. The molecule has 0 aliphatic carbocycles. The van der Waals surface area contributed by atoms with Crippen LogP contribution in [0.3, 0.4) is 0 Å². The van der Waals surface area contributed by atoms with Gasteiger partial charge >= 0.3 is 5.97 Å². The predicted molar refractivity (Wildman–Crippen MR) is 84.1 cm³/mol. The van der Waals surface area contributed by atoms with Crippen LogP contribution in [0, 0.1) is 11.3 Å². The van der Waals surface area contributed by atoms with Crippen molar-refractivity contribution in [3.63, 3.8) is 0 Å². The zero-order valence-corrected chi connectivity index (χ0v) is 14.4. The first-order valence-electron chi connectivity index (χ1n) is 6.71. The summed E-state index contributed by atoms with van der Waals surface area (Å²) < 4.78 is 11.4. The molecule has 0 bridgehead atoms. The van der Waals surface area contributed by atoms with E-state index in [2.05, 4.69) is 22.0 Å². The van der Waals surface area contributed by atoms with Crippen LogP contribution in [-0.4, -0.2) is 18.7 Å². The van der Waals surface area contributed by atoms with Crippen molar-refractivity contribution in [2.75, 3.05) is 7.11 Å². The molecule has 0 radical (unpaired) electrons. The topological polar surface area (TPSA) is 59.3 Å². The molecule has 0 aliphatic heterocycles. The summed E-state index contributed by atoms with van der Waals surface area (Å²) in [5.74, 6) is -0.0560. The van der Waals surface area contributed by atoms with Gasteiger partial charge in [0.25, 0.3) is 0 Å². The Kier molecular flexibility index (Phi) is 6.22. The number of benzene rings is 1. The van der Waals surface area contributed by atoms with Crippen LogP contribution in [0.4, 0.5) is 0 Å². The minimum Gasteiger partial charge on any atom is -0.496 e. The normalized spacial score (nSPS) is 12.4. The second kappa shape index (κ2) is 7.46. The summed E-state index contributed by atoms with van der Waals surface area (Å²) in [6, 6.07) is 7.74. The Labute approximate surface area is 134 Å². The van der Waals surface area contributed by atoms with E-state index in [9.17, 15) is 10.1 Å². The van der Waals surface area contributed by atoms with Gasteiger partial charge in [0.15, 0.2) is 0 Å². The molecule has 1 rings (SSSR count). The molecule has 0 aliphatic rings. The third-order valence-corrected chi connectivity index (χ3v) is 3.28. The minimum absolute atomic E-state index is 0.203. The first-order valence-corrected chi connectivity index (χ1v) is 7.51. The van der Waals surface area contributed by atoms with E-state index in [0.717, 1.165) is 10.0 Å². The summed E-state index contributed by atoms with van der Waals surface area (Å²) in [7, 11) is 1.56. The molecule has 1 aromatic carbocycles. The summed E-state index contributed by atoms with van der Waals surface area (Å²) in [6.07, 6.45) is 0.609. The molecule has 0 fully saturated rings. The first kappa shape index (κ1) is 17.5. The molecule has 114 valence electrons. The van der Waals surface area contributed by atoms with Crippen LogP contribution in [-0.2, 0) is 9.53 Å². The molecule has 0 aromatic heterocycles. The lowest BCUT2D eigenvalue weighted by Crippen LogP contribution is -2.24. The van der Waals surface area contributed by atoms with E-state index < -0.39 is 11.5 Å². The van der Waals surface area contributed by atoms with Crippen molar-refractivity contribution < 1.29 is 14.3 Å². The third kappa shape index (κ3) is 5.76. The number of nitriles is 1. The fraction of sp³-hybridized carbons (Fsp3) is 0.500. The summed E-state index contributed by atoms with van der Waals surface area (Å²) >= 11 is 3.37. The molecule has 5 heteroatoms.